The summed E-state index contributed by atoms with van der Waals surface area (Å²) in [6.45, 7) is 2.70. The maximum atomic E-state index is 11.1. The van der Waals surface area contributed by atoms with Crippen LogP contribution < -0.4 is 11.1 Å². The Balaban J connectivity index is 0.00000161. The number of nitrogens with zero attached hydrogens (tertiary/aromatic N) is 3. The highest BCUT2D eigenvalue weighted by Gasteiger charge is 2.25. The minimum Gasteiger partial charge on any atom is -0.366 e. The van der Waals surface area contributed by atoms with Crippen molar-refractivity contribution in [1.82, 2.24) is 20.4 Å². The predicted octanol–water partition coefficient (Wildman–Crippen LogP) is 0.895. The molecule has 1 amide bonds. The van der Waals surface area contributed by atoms with E-state index in [0.717, 1.165) is 24.5 Å². The molecule has 1 unspecified atom stereocenters. The Morgan fingerprint density at radius 1 is 1.62 bits per heavy atom. The summed E-state index contributed by atoms with van der Waals surface area (Å²) in [7, 11) is 2.04. The third kappa shape index (κ3) is 3.24. The highest BCUT2D eigenvalue weighted by Crippen LogP contribution is 2.27. The predicted molar refractivity (Wildman–Crippen MR) is 81.6 cm³/mol. The van der Waals surface area contributed by atoms with Crippen molar-refractivity contribution in [3.8, 4) is 10.8 Å². The number of carbonyl (C=O) groups excluding carboxylic acids is 1. The van der Waals surface area contributed by atoms with E-state index >= 15 is 0 Å². The fraction of sp³-hybridized carbons (Fsp3) is 0.417. The Kier molecular flexibility index (Phi) is 4.94. The summed E-state index contributed by atoms with van der Waals surface area (Å²) in [6.07, 6.45) is 0. The lowest BCUT2D eigenvalue weighted by Crippen LogP contribution is -2.44. The Bertz CT molecular complexity index is 629. The van der Waals surface area contributed by atoms with E-state index in [2.05, 4.69) is 20.4 Å². The van der Waals surface area contributed by atoms with Gasteiger partial charge in [-0.2, -0.15) is 4.98 Å². The van der Waals surface area contributed by atoms with Crippen molar-refractivity contribution >= 4 is 29.7 Å². The molecule has 1 fully saturated rings. The van der Waals surface area contributed by atoms with E-state index in [4.69, 9.17) is 10.3 Å². The first-order chi connectivity index (χ1) is 9.65. The summed E-state index contributed by atoms with van der Waals surface area (Å²) in [4.78, 5) is 18.5. The molecule has 0 saturated carbocycles. The molecule has 0 radical (unpaired) electrons. The van der Waals surface area contributed by atoms with E-state index in [0.29, 0.717) is 17.3 Å². The molecule has 1 saturated heterocycles. The lowest BCUT2D eigenvalue weighted by molar-refractivity contribution is 0.100. The summed E-state index contributed by atoms with van der Waals surface area (Å²) in [5.74, 6) is 0.628. The van der Waals surface area contributed by atoms with E-state index in [9.17, 15) is 4.79 Å². The third-order valence-electron chi connectivity index (χ3n) is 3.35. The van der Waals surface area contributed by atoms with Gasteiger partial charge in [0, 0.05) is 25.0 Å². The van der Waals surface area contributed by atoms with Gasteiger partial charge < -0.3 is 15.6 Å². The maximum Gasteiger partial charge on any atom is 0.268 e. The summed E-state index contributed by atoms with van der Waals surface area (Å²) in [5.41, 5.74) is 5.69. The molecule has 0 bridgehead atoms. The zero-order valence-electron chi connectivity index (χ0n) is 11.4. The van der Waals surface area contributed by atoms with Crippen molar-refractivity contribution < 1.29 is 9.32 Å². The number of hydrogen-bond donors (Lipinski definition) is 2. The Labute approximate surface area is 131 Å². The zero-order valence-corrected chi connectivity index (χ0v) is 13.0. The Morgan fingerprint density at radius 2 is 2.43 bits per heavy atom. The van der Waals surface area contributed by atoms with Crippen LogP contribution in [0.1, 0.15) is 22.2 Å². The number of carbonyl (C=O) groups is 1. The van der Waals surface area contributed by atoms with E-state index in [1.54, 1.807) is 11.4 Å². The third-order valence-corrected chi connectivity index (χ3v) is 4.26. The van der Waals surface area contributed by atoms with Crippen LogP contribution in [0.3, 0.4) is 0 Å². The number of primary amides is 1. The fourth-order valence-corrected chi connectivity index (χ4v) is 2.96. The number of nitrogens with two attached hydrogens (primary N) is 1. The second kappa shape index (κ2) is 6.52. The molecule has 1 atom stereocenters. The first kappa shape index (κ1) is 15.9. The number of piperazine rings is 1. The number of thiophene rings is 1. The second-order valence-electron chi connectivity index (χ2n) is 4.72. The molecule has 9 heteroatoms. The molecule has 0 aromatic carbocycles. The van der Waals surface area contributed by atoms with Gasteiger partial charge in [0.2, 0.25) is 5.91 Å². The molecule has 3 heterocycles. The quantitative estimate of drug-likeness (QED) is 0.868. The van der Waals surface area contributed by atoms with Crippen LogP contribution in [-0.4, -0.2) is 47.6 Å². The van der Waals surface area contributed by atoms with Crippen LogP contribution in [0.2, 0.25) is 0 Å². The van der Waals surface area contributed by atoms with Crippen LogP contribution in [0.15, 0.2) is 16.0 Å². The van der Waals surface area contributed by atoms with Gasteiger partial charge in [0.25, 0.3) is 5.89 Å². The van der Waals surface area contributed by atoms with Gasteiger partial charge in [0.05, 0.1) is 16.5 Å². The molecule has 2 aromatic heterocycles. The van der Waals surface area contributed by atoms with Crippen molar-refractivity contribution in [3.05, 3.63) is 22.8 Å². The summed E-state index contributed by atoms with van der Waals surface area (Å²) < 4.78 is 5.29. The highest BCUT2D eigenvalue weighted by molar-refractivity contribution is 7.13. The van der Waals surface area contributed by atoms with Crippen molar-refractivity contribution in [2.75, 3.05) is 26.7 Å². The summed E-state index contributed by atoms with van der Waals surface area (Å²) in [6, 6.07) is 1.78. The monoisotopic (exact) mass is 329 g/mol. The fourth-order valence-electron chi connectivity index (χ4n) is 2.14. The number of amides is 1. The molecular formula is C12H16ClN5O2S. The molecule has 2 aromatic rings. The minimum atomic E-state index is -0.455. The lowest BCUT2D eigenvalue weighted by Gasteiger charge is -2.30. The largest absolute Gasteiger partial charge is 0.366 e. The number of rotatable bonds is 3. The molecule has 21 heavy (non-hydrogen) atoms. The van der Waals surface area contributed by atoms with E-state index in [1.807, 2.05) is 7.05 Å². The number of halogens is 1. The molecule has 114 valence electrons. The van der Waals surface area contributed by atoms with Gasteiger partial charge in [-0.15, -0.1) is 23.7 Å². The van der Waals surface area contributed by atoms with Gasteiger partial charge in [-0.1, -0.05) is 5.16 Å². The molecule has 0 aliphatic carbocycles. The number of hydrogen-bond acceptors (Lipinski definition) is 7. The first-order valence-electron chi connectivity index (χ1n) is 6.28. The average molecular weight is 330 g/mol. The van der Waals surface area contributed by atoms with Crippen LogP contribution in [0, 0.1) is 0 Å². The molecular weight excluding hydrogens is 314 g/mol. The number of likely N-dealkylation sites (N-methyl/N-ethyl adjacent to an activating group) is 1. The first-order valence-corrected chi connectivity index (χ1v) is 7.16. The van der Waals surface area contributed by atoms with Gasteiger partial charge >= 0.3 is 0 Å². The van der Waals surface area contributed by atoms with Crippen LogP contribution in [-0.2, 0) is 0 Å². The van der Waals surface area contributed by atoms with E-state index in [1.165, 1.54) is 11.3 Å². The SMILES string of the molecule is CN1CCNCC1c1noc(-c2cc(C(N)=O)cs2)n1.Cl. The number of nitrogens with one attached hydrogen (secondary N) is 1. The van der Waals surface area contributed by atoms with E-state index < -0.39 is 5.91 Å². The molecule has 3 rings (SSSR count). The van der Waals surface area contributed by atoms with Crippen LogP contribution in [0.5, 0.6) is 0 Å². The van der Waals surface area contributed by atoms with Gasteiger partial charge in [-0.05, 0) is 13.1 Å². The molecule has 1 aliphatic rings. The second-order valence-corrected chi connectivity index (χ2v) is 5.63. The Morgan fingerprint density at radius 3 is 3.10 bits per heavy atom. The van der Waals surface area contributed by atoms with E-state index in [-0.39, 0.29) is 18.4 Å². The van der Waals surface area contributed by atoms with Gasteiger partial charge in [0.15, 0.2) is 5.82 Å². The van der Waals surface area contributed by atoms with Gasteiger partial charge in [0.1, 0.15) is 0 Å². The summed E-state index contributed by atoms with van der Waals surface area (Å²) in [5, 5.41) is 9.04. The Hall–Kier alpha value is -1.48. The molecule has 0 spiro atoms. The molecule has 3 N–H and O–H groups in total. The normalized spacial score (nSPS) is 19.2. The minimum absolute atomic E-state index is 0. The average Bonchev–Trinajstić information content (AvgIpc) is 3.08. The van der Waals surface area contributed by atoms with Crippen molar-refractivity contribution in [1.29, 1.82) is 0 Å². The highest BCUT2D eigenvalue weighted by atomic mass is 35.5. The smallest absolute Gasteiger partial charge is 0.268 e. The molecule has 1 aliphatic heterocycles. The van der Waals surface area contributed by atoms with Crippen molar-refractivity contribution in [2.45, 2.75) is 6.04 Å². The number of aromatic nitrogens is 2. The van der Waals surface area contributed by atoms with Crippen molar-refractivity contribution in [2.24, 2.45) is 5.73 Å². The van der Waals surface area contributed by atoms with Crippen molar-refractivity contribution in [3.63, 3.8) is 0 Å². The van der Waals surface area contributed by atoms with Crippen LogP contribution in [0.4, 0.5) is 0 Å². The van der Waals surface area contributed by atoms with Gasteiger partial charge in [-0.25, -0.2) is 0 Å². The standard InChI is InChI=1S/C12H15N5O2S.ClH/c1-17-3-2-14-5-8(17)11-15-12(19-16-11)9-4-7(6-20-9)10(13)18;/h4,6,8,14H,2-3,5H2,1H3,(H2,13,18);1H. The van der Waals surface area contributed by atoms with Crippen LogP contribution >= 0.6 is 23.7 Å². The van der Waals surface area contributed by atoms with Crippen LogP contribution in [0.25, 0.3) is 10.8 Å². The zero-order chi connectivity index (χ0) is 14.1. The van der Waals surface area contributed by atoms with Gasteiger partial charge in [-0.3, -0.25) is 9.69 Å². The molecule has 7 nitrogen and oxygen atoms in total. The summed E-state index contributed by atoms with van der Waals surface area (Å²) >= 11 is 1.37. The lowest BCUT2D eigenvalue weighted by atomic mass is 10.2. The topological polar surface area (TPSA) is 97.3 Å². The maximum absolute atomic E-state index is 11.1.